The number of nitrogens with zero attached hydrogens (tertiary/aromatic N) is 1. The fraction of sp³-hybridized carbons (Fsp3) is 0.571. The Morgan fingerprint density at radius 3 is 2.52 bits per heavy atom. The van der Waals surface area contributed by atoms with Gasteiger partial charge in [-0.25, -0.2) is 13.1 Å². The van der Waals surface area contributed by atoms with Crippen molar-refractivity contribution >= 4 is 15.7 Å². The minimum absolute atomic E-state index is 0.0443. The van der Waals surface area contributed by atoms with Crippen molar-refractivity contribution in [3.63, 3.8) is 0 Å². The number of benzene rings is 1. The number of rotatable bonds is 8. The maximum atomic E-state index is 11.8. The molecule has 1 fully saturated rings. The molecule has 0 bridgehead atoms. The molecule has 0 aliphatic carbocycles. The predicted molar refractivity (Wildman–Crippen MR) is 83.8 cm³/mol. The summed E-state index contributed by atoms with van der Waals surface area (Å²) in [4.78, 5) is 2.27. The molecule has 1 saturated heterocycles. The third kappa shape index (κ3) is 5.91. The van der Waals surface area contributed by atoms with Crippen molar-refractivity contribution in [3.05, 3.63) is 24.3 Å². The summed E-state index contributed by atoms with van der Waals surface area (Å²) in [6, 6.07) is 6.89. The van der Waals surface area contributed by atoms with Crippen LogP contribution in [-0.4, -0.2) is 51.9 Å². The van der Waals surface area contributed by atoms with Gasteiger partial charge < -0.3 is 15.4 Å². The molecule has 1 aliphatic heterocycles. The van der Waals surface area contributed by atoms with E-state index >= 15 is 0 Å². The summed E-state index contributed by atoms with van der Waals surface area (Å²) in [5.74, 6) is 0.577. The van der Waals surface area contributed by atoms with Crippen molar-refractivity contribution < 1.29 is 13.2 Å². The summed E-state index contributed by atoms with van der Waals surface area (Å²) in [5.41, 5.74) is 6.22. The smallest absolute Gasteiger partial charge is 0.214 e. The Bertz CT molecular complexity index is 525. The van der Waals surface area contributed by atoms with Gasteiger partial charge in [0.05, 0.1) is 5.75 Å². The molecule has 0 atom stereocenters. The Balaban J connectivity index is 1.64. The molecular weight excluding hydrogens is 290 g/mol. The number of nitrogens with two attached hydrogens (primary N) is 1. The molecule has 1 aromatic rings. The van der Waals surface area contributed by atoms with Crippen LogP contribution in [-0.2, 0) is 10.0 Å². The monoisotopic (exact) mass is 313 g/mol. The highest BCUT2D eigenvalue weighted by atomic mass is 32.2. The number of sulfonamides is 1. The highest BCUT2D eigenvalue weighted by molar-refractivity contribution is 7.89. The molecular formula is C14H23N3O3S. The number of nitrogen functional groups attached to an aromatic ring is 1. The van der Waals surface area contributed by atoms with Gasteiger partial charge in [0.25, 0.3) is 0 Å². The molecule has 0 saturated carbocycles. The molecule has 0 radical (unpaired) electrons. The fourth-order valence-electron chi connectivity index (χ4n) is 2.27. The summed E-state index contributed by atoms with van der Waals surface area (Å²) in [7, 11) is -3.28. The van der Waals surface area contributed by atoms with Gasteiger partial charge in [-0.1, -0.05) is 0 Å². The largest absolute Gasteiger partial charge is 0.492 e. The van der Waals surface area contributed by atoms with Crippen molar-refractivity contribution in [2.75, 3.05) is 44.3 Å². The standard InChI is InChI=1S/C14H23N3O3S/c15-13-3-5-14(6-4-13)20-11-12-21(18,19)16-7-10-17-8-1-2-9-17/h3-6,16H,1-2,7-12,15H2. The first-order chi connectivity index (χ1) is 10.1. The van der Waals surface area contributed by atoms with Gasteiger partial charge in [-0.2, -0.15) is 0 Å². The normalized spacial score (nSPS) is 16.2. The summed E-state index contributed by atoms with van der Waals surface area (Å²) < 4.78 is 31.6. The van der Waals surface area contributed by atoms with Crippen LogP contribution in [0.2, 0.25) is 0 Å². The zero-order valence-electron chi connectivity index (χ0n) is 12.1. The Hall–Kier alpha value is -1.31. The van der Waals surface area contributed by atoms with E-state index in [-0.39, 0.29) is 12.4 Å². The molecule has 1 aromatic carbocycles. The van der Waals surface area contributed by atoms with E-state index in [9.17, 15) is 8.42 Å². The molecule has 2 rings (SSSR count). The molecule has 0 unspecified atom stereocenters. The van der Waals surface area contributed by atoms with Crippen molar-refractivity contribution in [3.8, 4) is 5.75 Å². The van der Waals surface area contributed by atoms with E-state index in [4.69, 9.17) is 10.5 Å². The van der Waals surface area contributed by atoms with Crippen LogP contribution in [0.15, 0.2) is 24.3 Å². The van der Waals surface area contributed by atoms with Gasteiger partial charge in [-0.15, -0.1) is 0 Å². The molecule has 3 N–H and O–H groups in total. The molecule has 0 amide bonds. The van der Waals surface area contributed by atoms with Crippen molar-refractivity contribution in [2.45, 2.75) is 12.8 Å². The Labute approximate surface area is 126 Å². The molecule has 7 heteroatoms. The van der Waals surface area contributed by atoms with E-state index in [2.05, 4.69) is 9.62 Å². The second-order valence-corrected chi connectivity index (χ2v) is 7.11. The lowest BCUT2D eigenvalue weighted by Gasteiger charge is -2.15. The van der Waals surface area contributed by atoms with Crippen LogP contribution < -0.4 is 15.2 Å². The average molecular weight is 313 g/mol. The van der Waals surface area contributed by atoms with Crippen LogP contribution >= 0.6 is 0 Å². The number of ether oxygens (including phenoxy) is 1. The molecule has 21 heavy (non-hydrogen) atoms. The lowest BCUT2D eigenvalue weighted by molar-refractivity contribution is 0.336. The highest BCUT2D eigenvalue weighted by Gasteiger charge is 2.14. The number of anilines is 1. The van der Waals surface area contributed by atoms with Crippen LogP contribution in [0.5, 0.6) is 5.75 Å². The summed E-state index contributed by atoms with van der Waals surface area (Å²) in [6.45, 7) is 3.51. The van der Waals surface area contributed by atoms with Gasteiger partial charge in [-0.05, 0) is 50.2 Å². The lowest BCUT2D eigenvalue weighted by Crippen LogP contribution is -2.35. The lowest BCUT2D eigenvalue weighted by atomic mass is 10.3. The first kappa shape index (κ1) is 16.1. The number of likely N-dealkylation sites (tertiary alicyclic amines) is 1. The van der Waals surface area contributed by atoms with Crippen LogP contribution in [0.1, 0.15) is 12.8 Å². The van der Waals surface area contributed by atoms with E-state index < -0.39 is 10.0 Å². The minimum atomic E-state index is -3.28. The van der Waals surface area contributed by atoms with E-state index in [0.29, 0.717) is 18.0 Å². The van der Waals surface area contributed by atoms with Gasteiger partial charge >= 0.3 is 0 Å². The van der Waals surface area contributed by atoms with Gasteiger partial charge in [-0.3, -0.25) is 0 Å². The third-order valence-electron chi connectivity index (χ3n) is 3.45. The van der Waals surface area contributed by atoms with Crippen LogP contribution in [0, 0.1) is 0 Å². The van der Waals surface area contributed by atoms with E-state index in [1.165, 1.54) is 12.8 Å². The van der Waals surface area contributed by atoms with Crippen molar-refractivity contribution in [2.24, 2.45) is 0 Å². The van der Waals surface area contributed by atoms with Gasteiger partial charge in [0.15, 0.2) is 0 Å². The SMILES string of the molecule is Nc1ccc(OCCS(=O)(=O)NCCN2CCCC2)cc1. The molecule has 1 heterocycles. The summed E-state index contributed by atoms with van der Waals surface area (Å²) in [6.07, 6.45) is 2.42. The van der Waals surface area contributed by atoms with Gasteiger partial charge in [0.1, 0.15) is 12.4 Å². The number of hydrogen-bond acceptors (Lipinski definition) is 5. The Morgan fingerprint density at radius 1 is 1.19 bits per heavy atom. The van der Waals surface area contributed by atoms with E-state index in [1.807, 2.05) is 0 Å². The zero-order valence-corrected chi connectivity index (χ0v) is 12.9. The van der Waals surface area contributed by atoms with Gasteiger partial charge in [0.2, 0.25) is 10.0 Å². The molecule has 0 aromatic heterocycles. The number of nitrogens with one attached hydrogen (secondary N) is 1. The average Bonchev–Trinajstić information content (AvgIpc) is 2.94. The van der Waals surface area contributed by atoms with Crippen molar-refractivity contribution in [1.29, 1.82) is 0 Å². The first-order valence-corrected chi connectivity index (χ1v) is 8.88. The predicted octanol–water partition coefficient (Wildman–Crippen LogP) is 0.663. The molecule has 118 valence electrons. The topological polar surface area (TPSA) is 84.7 Å². The van der Waals surface area contributed by atoms with E-state index in [1.54, 1.807) is 24.3 Å². The van der Waals surface area contributed by atoms with E-state index in [0.717, 1.165) is 19.6 Å². The minimum Gasteiger partial charge on any atom is -0.492 e. The maximum absolute atomic E-state index is 11.8. The highest BCUT2D eigenvalue weighted by Crippen LogP contribution is 2.12. The second kappa shape index (κ2) is 7.63. The van der Waals surface area contributed by atoms with Crippen LogP contribution in [0.25, 0.3) is 0 Å². The molecule has 6 nitrogen and oxygen atoms in total. The van der Waals surface area contributed by atoms with Crippen LogP contribution in [0.3, 0.4) is 0 Å². The zero-order chi connectivity index (χ0) is 15.1. The fourth-order valence-corrected chi connectivity index (χ4v) is 3.12. The third-order valence-corrected chi connectivity index (χ3v) is 4.80. The summed E-state index contributed by atoms with van der Waals surface area (Å²) in [5, 5.41) is 0. The molecule has 0 spiro atoms. The maximum Gasteiger partial charge on any atom is 0.214 e. The summed E-state index contributed by atoms with van der Waals surface area (Å²) >= 11 is 0. The van der Waals surface area contributed by atoms with Crippen molar-refractivity contribution in [1.82, 2.24) is 9.62 Å². The quantitative estimate of drug-likeness (QED) is 0.689. The Kier molecular flexibility index (Phi) is 5.84. The second-order valence-electron chi connectivity index (χ2n) is 5.18. The molecule has 1 aliphatic rings. The Morgan fingerprint density at radius 2 is 1.86 bits per heavy atom. The van der Waals surface area contributed by atoms with Gasteiger partial charge in [0, 0.05) is 18.8 Å². The first-order valence-electron chi connectivity index (χ1n) is 7.23. The number of hydrogen-bond donors (Lipinski definition) is 2. The van der Waals surface area contributed by atoms with Crippen LogP contribution in [0.4, 0.5) is 5.69 Å².